The average molecular weight is 127 g/mol. The number of hydrogen-bond acceptors (Lipinski definition) is 2. The fraction of sp³-hybridized carbons (Fsp3) is 0.333. The van der Waals surface area contributed by atoms with Crippen molar-refractivity contribution in [3.63, 3.8) is 0 Å². The third-order valence-corrected chi connectivity index (χ3v) is 0.844. The number of hydrogen-bond donors (Lipinski definition) is 0. The highest BCUT2D eigenvalue weighted by Gasteiger charge is 2.05. The predicted molar refractivity (Wildman–Crippen MR) is 33.6 cm³/mol. The maximum Gasteiger partial charge on any atom is 0.255 e. The molecule has 0 saturated carbocycles. The van der Waals surface area contributed by atoms with Crippen molar-refractivity contribution in [1.29, 1.82) is 0 Å². The van der Waals surface area contributed by atoms with Crippen molar-refractivity contribution in [2.24, 2.45) is 0 Å². The summed E-state index contributed by atoms with van der Waals surface area (Å²) in [5.41, 5.74) is 0.365. The minimum absolute atomic E-state index is 0.343. The van der Waals surface area contributed by atoms with E-state index >= 15 is 0 Å². The van der Waals surface area contributed by atoms with Crippen molar-refractivity contribution in [2.75, 3.05) is 7.05 Å². The molecule has 0 fully saturated rings. The Labute approximate surface area is 54.0 Å². The molecule has 0 aromatic rings. The van der Waals surface area contributed by atoms with Gasteiger partial charge in [0.05, 0.1) is 0 Å². The van der Waals surface area contributed by atoms with E-state index in [1.807, 2.05) is 0 Å². The fourth-order valence-electron chi connectivity index (χ4n) is 0.349. The Morgan fingerprint density at radius 3 is 2.22 bits per heavy atom. The van der Waals surface area contributed by atoms with Gasteiger partial charge in [0.25, 0.3) is 5.91 Å². The van der Waals surface area contributed by atoms with Crippen LogP contribution in [0.5, 0.6) is 0 Å². The Kier molecular flexibility index (Phi) is 2.64. The molecule has 0 spiro atoms. The van der Waals surface area contributed by atoms with Gasteiger partial charge in [-0.3, -0.25) is 14.5 Å². The monoisotopic (exact) mass is 127 g/mol. The number of likely N-dealkylation sites (N-methyl/N-ethyl adjacent to an activating group) is 1. The molecule has 9 heavy (non-hydrogen) atoms. The van der Waals surface area contributed by atoms with Crippen LogP contribution in [0.4, 0.5) is 0 Å². The first kappa shape index (κ1) is 7.88. The van der Waals surface area contributed by atoms with Gasteiger partial charge in [-0.25, -0.2) is 0 Å². The second kappa shape index (κ2) is 3.02. The molecule has 0 aliphatic rings. The molecule has 0 bridgehead atoms. The molecule has 0 unspecified atom stereocenters. The number of rotatable bonds is 2. The van der Waals surface area contributed by atoms with Crippen molar-refractivity contribution < 1.29 is 9.59 Å². The molecular weight excluding hydrogens is 118 g/mol. The molecule has 3 heteroatoms. The van der Waals surface area contributed by atoms with E-state index in [1.54, 1.807) is 6.92 Å². The van der Waals surface area contributed by atoms with Crippen molar-refractivity contribution in [1.82, 2.24) is 4.90 Å². The Morgan fingerprint density at radius 1 is 1.67 bits per heavy atom. The van der Waals surface area contributed by atoms with Gasteiger partial charge in [-0.15, -0.1) is 0 Å². The first-order chi connectivity index (χ1) is 4.09. The molecule has 0 aliphatic heterocycles. The van der Waals surface area contributed by atoms with Gasteiger partial charge in [0.1, 0.15) is 0 Å². The normalized spacial score (nSPS) is 8.22. The SMILES string of the molecule is C=C(C)C(=O)N(C)C=O. The molecule has 0 aliphatic carbocycles. The first-order valence-corrected chi connectivity index (χ1v) is 2.47. The van der Waals surface area contributed by atoms with Gasteiger partial charge in [0.2, 0.25) is 6.41 Å². The van der Waals surface area contributed by atoms with Crippen LogP contribution >= 0.6 is 0 Å². The lowest BCUT2D eigenvalue weighted by atomic mass is 10.3. The van der Waals surface area contributed by atoms with Crippen LogP contribution in [0, 0.1) is 0 Å². The zero-order valence-corrected chi connectivity index (χ0v) is 5.55. The summed E-state index contributed by atoms with van der Waals surface area (Å²) < 4.78 is 0. The molecule has 0 saturated heterocycles. The summed E-state index contributed by atoms with van der Waals surface area (Å²) in [6, 6.07) is 0. The van der Waals surface area contributed by atoms with Crippen LogP contribution in [0.3, 0.4) is 0 Å². The lowest BCUT2D eigenvalue weighted by Crippen LogP contribution is -2.24. The Hall–Kier alpha value is -1.12. The van der Waals surface area contributed by atoms with E-state index in [1.165, 1.54) is 7.05 Å². The van der Waals surface area contributed by atoms with Crippen LogP contribution in [0.1, 0.15) is 6.92 Å². The maximum atomic E-state index is 10.7. The molecule has 0 atom stereocenters. The molecule has 0 aromatic carbocycles. The van der Waals surface area contributed by atoms with Crippen molar-refractivity contribution in [2.45, 2.75) is 6.92 Å². The second-order valence-corrected chi connectivity index (χ2v) is 1.80. The maximum absolute atomic E-state index is 10.7. The van der Waals surface area contributed by atoms with Crippen molar-refractivity contribution >= 4 is 12.3 Å². The Balaban J connectivity index is 4.03. The summed E-state index contributed by atoms with van der Waals surface area (Å²) in [6.07, 6.45) is 0.455. The third kappa shape index (κ3) is 2.08. The summed E-state index contributed by atoms with van der Waals surface area (Å²) in [4.78, 5) is 21.5. The van der Waals surface area contributed by atoms with Crippen molar-refractivity contribution in [3.8, 4) is 0 Å². The van der Waals surface area contributed by atoms with Gasteiger partial charge in [-0.1, -0.05) is 6.58 Å². The van der Waals surface area contributed by atoms with Gasteiger partial charge in [0, 0.05) is 12.6 Å². The molecule has 3 nitrogen and oxygen atoms in total. The number of carbonyl (C=O) groups is 2. The number of imide groups is 1. The van der Waals surface area contributed by atoms with Crippen LogP contribution in [0.15, 0.2) is 12.2 Å². The summed E-state index contributed by atoms with van der Waals surface area (Å²) in [5, 5.41) is 0. The van der Waals surface area contributed by atoms with Gasteiger partial charge >= 0.3 is 0 Å². The van der Waals surface area contributed by atoms with Crippen LogP contribution in [-0.2, 0) is 9.59 Å². The summed E-state index contributed by atoms with van der Waals surface area (Å²) in [5.74, 6) is -0.343. The molecule has 2 amide bonds. The highest BCUT2D eigenvalue weighted by Crippen LogP contribution is 1.91. The van der Waals surface area contributed by atoms with Crippen LogP contribution in [0.2, 0.25) is 0 Å². The summed E-state index contributed by atoms with van der Waals surface area (Å²) in [6.45, 7) is 4.93. The van der Waals surface area contributed by atoms with Crippen LogP contribution in [-0.4, -0.2) is 24.3 Å². The van der Waals surface area contributed by atoms with Gasteiger partial charge < -0.3 is 0 Å². The quantitative estimate of drug-likeness (QED) is 0.392. The summed E-state index contributed by atoms with van der Waals surface area (Å²) in [7, 11) is 1.39. The summed E-state index contributed by atoms with van der Waals surface area (Å²) >= 11 is 0. The second-order valence-electron chi connectivity index (χ2n) is 1.80. The van der Waals surface area contributed by atoms with E-state index in [0.29, 0.717) is 12.0 Å². The zero-order valence-electron chi connectivity index (χ0n) is 5.55. The van der Waals surface area contributed by atoms with Crippen molar-refractivity contribution in [3.05, 3.63) is 12.2 Å². The number of carbonyl (C=O) groups excluding carboxylic acids is 2. The van der Waals surface area contributed by atoms with Crippen LogP contribution in [0.25, 0.3) is 0 Å². The minimum Gasteiger partial charge on any atom is -0.285 e. The Bertz CT molecular complexity index is 151. The molecule has 0 rings (SSSR count). The largest absolute Gasteiger partial charge is 0.285 e. The minimum atomic E-state index is -0.343. The molecule has 0 aromatic heterocycles. The number of amides is 2. The molecule has 50 valence electrons. The Morgan fingerprint density at radius 2 is 2.11 bits per heavy atom. The molecular formula is C6H9NO2. The van der Waals surface area contributed by atoms with E-state index in [0.717, 1.165) is 4.90 Å². The lowest BCUT2D eigenvalue weighted by Gasteiger charge is -2.06. The zero-order chi connectivity index (χ0) is 7.44. The van der Waals surface area contributed by atoms with E-state index in [-0.39, 0.29) is 5.91 Å². The average Bonchev–Trinajstić information content (AvgIpc) is 1.84. The van der Waals surface area contributed by atoms with Gasteiger partial charge in [-0.05, 0) is 6.92 Å². The molecule has 0 heterocycles. The molecule has 0 N–H and O–H groups in total. The van der Waals surface area contributed by atoms with Crippen LogP contribution < -0.4 is 0 Å². The smallest absolute Gasteiger partial charge is 0.255 e. The van der Waals surface area contributed by atoms with Gasteiger partial charge in [0.15, 0.2) is 0 Å². The highest BCUT2D eigenvalue weighted by atomic mass is 16.2. The number of nitrogens with zero attached hydrogens (tertiary/aromatic N) is 1. The van der Waals surface area contributed by atoms with E-state index < -0.39 is 0 Å². The van der Waals surface area contributed by atoms with Gasteiger partial charge in [-0.2, -0.15) is 0 Å². The third-order valence-electron chi connectivity index (χ3n) is 0.844. The predicted octanol–water partition coefficient (Wildman–Crippen LogP) is 0.177. The standard InChI is InChI=1S/C6H9NO2/c1-5(2)6(9)7(3)4-8/h4H,1H2,2-3H3. The van der Waals surface area contributed by atoms with E-state index in [4.69, 9.17) is 0 Å². The molecule has 0 radical (unpaired) electrons. The van der Waals surface area contributed by atoms with E-state index in [9.17, 15) is 9.59 Å². The fourth-order valence-corrected chi connectivity index (χ4v) is 0.349. The first-order valence-electron chi connectivity index (χ1n) is 2.47. The lowest BCUT2D eigenvalue weighted by molar-refractivity contribution is -0.133. The van der Waals surface area contributed by atoms with E-state index in [2.05, 4.69) is 6.58 Å². The topological polar surface area (TPSA) is 37.4 Å². The highest BCUT2D eigenvalue weighted by molar-refractivity contribution is 5.97.